The summed E-state index contributed by atoms with van der Waals surface area (Å²) in [7, 11) is 0. The molecule has 1 saturated heterocycles. The van der Waals surface area contributed by atoms with Crippen LogP contribution in [0.15, 0.2) is 30.3 Å². The molecule has 4 heteroatoms. The summed E-state index contributed by atoms with van der Waals surface area (Å²) in [6, 6.07) is 11.9. The van der Waals surface area contributed by atoms with Crippen LogP contribution in [0.25, 0.3) is 0 Å². The zero-order valence-electron chi connectivity index (χ0n) is 12.5. The van der Waals surface area contributed by atoms with E-state index in [4.69, 9.17) is 5.73 Å². The van der Waals surface area contributed by atoms with Gasteiger partial charge >= 0.3 is 0 Å². The molecule has 21 heavy (non-hydrogen) atoms. The van der Waals surface area contributed by atoms with Gasteiger partial charge in [-0.1, -0.05) is 30.3 Å². The second kappa shape index (κ2) is 6.58. The van der Waals surface area contributed by atoms with E-state index in [0.29, 0.717) is 18.6 Å². The van der Waals surface area contributed by atoms with Crippen LogP contribution in [0, 0.1) is 5.92 Å². The molecule has 3 N–H and O–H groups in total. The Morgan fingerprint density at radius 2 is 1.86 bits per heavy atom. The van der Waals surface area contributed by atoms with Gasteiger partial charge in [-0.15, -0.1) is 0 Å². The molecule has 1 atom stereocenters. The predicted molar refractivity (Wildman–Crippen MR) is 83.7 cm³/mol. The molecule has 1 aromatic rings. The van der Waals surface area contributed by atoms with Crippen molar-refractivity contribution < 1.29 is 4.79 Å². The van der Waals surface area contributed by atoms with Gasteiger partial charge < -0.3 is 11.1 Å². The number of likely N-dealkylation sites (tertiary alicyclic amines) is 1. The molecular formula is C17H25N3O. The van der Waals surface area contributed by atoms with E-state index in [2.05, 4.69) is 40.5 Å². The fraction of sp³-hybridized carbons (Fsp3) is 0.588. The Hall–Kier alpha value is -1.39. The number of piperidine rings is 1. The predicted octanol–water partition coefficient (Wildman–Crippen LogP) is 1.68. The van der Waals surface area contributed by atoms with Gasteiger partial charge in [0.15, 0.2) is 0 Å². The van der Waals surface area contributed by atoms with Gasteiger partial charge in [-0.05, 0) is 37.2 Å². The lowest BCUT2D eigenvalue weighted by Gasteiger charge is -2.34. The van der Waals surface area contributed by atoms with Crippen molar-refractivity contribution in [2.45, 2.75) is 37.8 Å². The average molecular weight is 287 g/mol. The first-order chi connectivity index (χ1) is 10.2. The third-order valence-corrected chi connectivity index (χ3v) is 4.63. The normalized spacial score (nSPS) is 22.1. The molecule has 1 amide bonds. The number of amides is 1. The van der Waals surface area contributed by atoms with Gasteiger partial charge in [0.2, 0.25) is 5.91 Å². The summed E-state index contributed by atoms with van der Waals surface area (Å²) in [5, 5.41) is 3.87. The molecule has 1 heterocycles. The van der Waals surface area contributed by atoms with E-state index in [1.54, 1.807) is 0 Å². The van der Waals surface area contributed by atoms with Gasteiger partial charge in [0.1, 0.15) is 0 Å². The van der Waals surface area contributed by atoms with Crippen molar-refractivity contribution in [3.05, 3.63) is 35.9 Å². The topological polar surface area (TPSA) is 58.4 Å². The van der Waals surface area contributed by atoms with E-state index in [0.717, 1.165) is 31.8 Å². The zero-order valence-corrected chi connectivity index (χ0v) is 12.5. The summed E-state index contributed by atoms with van der Waals surface area (Å²) in [6.07, 6.45) is 4.88. The lowest BCUT2D eigenvalue weighted by molar-refractivity contribution is -0.119. The van der Waals surface area contributed by atoms with Crippen LogP contribution in [0.2, 0.25) is 0 Å². The van der Waals surface area contributed by atoms with E-state index < -0.39 is 0 Å². The average Bonchev–Trinajstić information content (AvgIpc) is 3.31. The fourth-order valence-corrected chi connectivity index (χ4v) is 3.33. The Balaban J connectivity index is 1.54. The molecular weight excluding hydrogens is 262 g/mol. The van der Waals surface area contributed by atoms with Gasteiger partial charge in [0.05, 0.1) is 6.54 Å². The molecule has 2 fully saturated rings. The van der Waals surface area contributed by atoms with Crippen molar-refractivity contribution >= 4 is 5.91 Å². The van der Waals surface area contributed by atoms with Gasteiger partial charge in [0, 0.05) is 25.2 Å². The highest BCUT2D eigenvalue weighted by Crippen LogP contribution is 2.41. The van der Waals surface area contributed by atoms with Crippen LogP contribution < -0.4 is 11.1 Å². The standard InChI is InChI=1S/C17H25N3O/c18-16(21)12-20-10-8-15(9-11-20)19-17(14-6-7-14)13-4-2-1-3-5-13/h1-5,14-15,17,19H,6-12H2,(H2,18,21). The molecule has 1 aliphatic carbocycles. The van der Waals surface area contributed by atoms with Crippen LogP contribution in [0.4, 0.5) is 0 Å². The number of benzene rings is 1. The summed E-state index contributed by atoms with van der Waals surface area (Å²) >= 11 is 0. The maximum atomic E-state index is 11.0. The maximum Gasteiger partial charge on any atom is 0.231 e. The number of nitrogens with zero attached hydrogens (tertiary/aromatic N) is 1. The Kier molecular flexibility index (Phi) is 4.56. The smallest absolute Gasteiger partial charge is 0.231 e. The van der Waals surface area contributed by atoms with E-state index in [9.17, 15) is 4.79 Å². The summed E-state index contributed by atoms with van der Waals surface area (Å²) in [5.41, 5.74) is 6.68. The third-order valence-electron chi connectivity index (χ3n) is 4.63. The molecule has 1 saturated carbocycles. The molecule has 3 rings (SSSR count). The van der Waals surface area contributed by atoms with Crippen LogP contribution in [0.3, 0.4) is 0 Å². The SMILES string of the molecule is NC(=O)CN1CCC(NC(c2ccccc2)C2CC2)CC1. The number of hydrogen-bond acceptors (Lipinski definition) is 3. The molecule has 0 radical (unpaired) electrons. The first kappa shape index (κ1) is 14.5. The van der Waals surface area contributed by atoms with E-state index in [1.165, 1.54) is 18.4 Å². The Morgan fingerprint density at radius 1 is 1.19 bits per heavy atom. The summed E-state index contributed by atoms with van der Waals surface area (Å²) in [6.45, 7) is 2.33. The number of carbonyl (C=O) groups is 1. The Morgan fingerprint density at radius 3 is 2.43 bits per heavy atom. The highest BCUT2D eigenvalue weighted by molar-refractivity contribution is 5.75. The fourth-order valence-electron chi connectivity index (χ4n) is 3.33. The second-order valence-corrected chi connectivity index (χ2v) is 6.41. The van der Waals surface area contributed by atoms with Crippen LogP contribution in [0.5, 0.6) is 0 Å². The number of rotatable bonds is 6. The molecule has 1 aromatic carbocycles. The highest BCUT2D eigenvalue weighted by Gasteiger charge is 2.34. The molecule has 0 bridgehead atoms. The van der Waals surface area contributed by atoms with Crippen molar-refractivity contribution in [3.63, 3.8) is 0 Å². The van der Waals surface area contributed by atoms with Crippen LogP contribution in [0.1, 0.15) is 37.3 Å². The summed E-state index contributed by atoms with van der Waals surface area (Å²) < 4.78 is 0. The zero-order chi connectivity index (χ0) is 14.7. The minimum atomic E-state index is -0.221. The Labute approximate surface area is 126 Å². The van der Waals surface area contributed by atoms with Crippen molar-refractivity contribution in [1.82, 2.24) is 10.2 Å². The number of primary amides is 1. The van der Waals surface area contributed by atoms with Crippen molar-refractivity contribution in [3.8, 4) is 0 Å². The minimum absolute atomic E-state index is 0.221. The molecule has 1 aliphatic heterocycles. The minimum Gasteiger partial charge on any atom is -0.369 e. The maximum absolute atomic E-state index is 11.0. The van der Waals surface area contributed by atoms with Gasteiger partial charge in [-0.3, -0.25) is 9.69 Å². The second-order valence-electron chi connectivity index (χ2n) is 6.41. The number of carbonyl (C=O) groups excluding carboxylic acids is 1. The van der Waals surface area contributed by atoms with E-state index >= 15 is 0 Å². The first-order valence-electron chi connectivity index (χ1n) is 8.04. The highest BCUT2D eigenvalue weighted by atomic mass is 16.1. The van der Waals surface area contributed by atoms with Crippen LogP contribution >= 0.6 is 0 Å². The molecule has 114 valence electrons. The summed E-state index contributed by atoms with van der Waals surface area (Å²) in [4.78, 5) is 13.1. The molecule has 4 nitrogen and oxygen atoms in total. The molecule has 2 aliphatic rings. The van der Waals surface area contributed by atoms with Crippen molar-refractivity contribution in [1.29, 1.82) is 0 Å². The van der Waals surface area contributed by atoms with Crippen molar-refractivity contribution in [2.24, 2.45) is 11.7 Å². The monoisotopic (exact) mass is 287 g/mol. The molecule has 0 spiro atoms. The molecule has 1 unspecified atom stereocenters. The molecule has 0 aromatic heterocycles. The first-order valence-corrected chi connectivity index (χ1v) is 8.04. The lowest BCUT2D eigenvalue weighted by Crippen LogP contribution is -2.46. The number of nitrogens with two attached hydrogens (primary N) is 1. The number of nitrogens with one attached hydrogen (secondary N) is 1. The van der Waals surface area contributed by atoms with Crippen LogP contribution in [-0.2, 0) is 4.79 Å². The van der Waals surface area contributed by atoms with E-state index in [1.807, 2.05) is 0 Å². The third kappa shape index (κ3) is 4.05. The lowest BCUT2D eigenvalue weighted by atomic mass is 9.98. The quantitative estimate of drug-likeness (QED) is 0.837. The summed E-state index contributed by atoms with van der Waals surface area (Å²) in [5.74, 6) is 0.581. The largest absolute Gasteiger partial charge is 0.369 e. The van der Waals surface area contributed by atoms with Crippen molar-refractivity contribution in [2.75, 3.05) is 19.6 Å². The van der Waals surface area contributed by atoms with Gasteiger partial charge in [0.25, 0.3) is 0 Å². The Bertz CT molecular complexity index is 464. The van der Waals surface area contributed by atoms with Gasteiger partial charge in [-0.25, -0.2) is 0 Å². The van der Waals surface area contributed by atoms with E-state index in [-0.39, 0.29) is 5.91 Å². The van der Waals surface area contributed by atoms with Gasteiger partial charge in [-0.2, -0.15) is 0 Å². The number of hydrogen-bond donors (Lipinski definition) is 2. The van der Waals surface area contributed by atoms with Crippen LogP contribution in [-0.4, -0.2) is 36.5 Å².